The molecule has 0 radical (unpaired) electrons. The number of piperidine rings is 2. The molecule has 35 heavy (non-hydrogen) atoms. The van der Waals surface area contributed by atoms with Crippen molar-refractivity contribution < 1.29 is 18.0 Å². The van der Waals surface area contributed by atoms with Crippen LogP contribution in [0.4, 0.5) is 0 Å². The summed E-state index contributed by atoms with van der Waals surface area (Å²) in [6.07, 6.45) is 5.97. The van der Waals surface area contributed by atoms with E-state index in [0.717, 1.165) is 12.0 Å². The molecule has 194 valence electrons. The number of likely N-dealkylation sites (tertiary alicyclic amines) is 1. The molecule has 2 saturated heterocycles. The van der Waals surface area contributed by atoms with Crippen LogP contribution < -0.4 is 5.32 Å². The number of nitrogens with one attached hydrogen (secondary N) is 1. The normalized spacial score (nSPS) is 27.5. The van der Waals surface area contributed by atoms with Crippen molar-refractivity contribution in [2.24, 2.45) is 23.7 Å². The molecule has 0 bridgehead atoms. The van der Waals surface area contributed by atoms with E-state index in [1.165, 1.54) is 17.1 Å². The molecule has 2 aliphatic heterocycles. The molecule has 1 aromatic rings. The van der Waals surface area contributed by atoms with Crippen molar-refractivity contribution in [3.63, 3.8) is 0 Å². The maximum absolute atomic E-state index is 13.1. The molecule has 2 heterocycles. The highest BCUT2D eigenvalue weighted by atomic mass is 32.2. The fourth-order valence-electron chi connectivity index (χ4n) is 5.91. The third-order valence-electron chi connectivity index (χ3n) is 8.67. The second-order valence-electron chi connectivity index (χ2n) is 11.0. The summed E-state index contributed by atoms with van der Waals surface area (Å²) in [5.41, 5.74) is 1.02. The van der Waals surface area contributed by atoms with E-state index in [9.17, 15) is 18.0 Å². The molecular formula is C27H41N3O4S. The number of nitrogens with zero attached hydrogens (tertiary/aromatic N) is 2. The molecule has 2 amide bonds. The number of rotatable bonds is 5. The Morgan fingerprint density at radius 1 is 0.857 bits per heavy atom. The maximum atomic E-state index is 13.1. The van der Waals surface area contributed by atoms with Gasteiger partial charge >= 0.3 is 0 Å². The zero-order valence-electron chi connectivity index (χ0n) is 21.4. The van der Waals surface area contributed by atoms with Gasteiger partial charge < -0.3 is 10.2 Å². The Labute approximate surface area is 210 Å². The minimum Gasteiger partial charge on any atom is -0.353 e. The van der Waals surface area contributed by atoms with Gasteiger partial charge in [0.15, 0.2) is 0 Å². The summed E-state index contributed by atoms with van der Waals surface area (Å²) in [7, 11) is -3.53. The Hall–Kier alpha value is -1.93. The summed E-state index contributed by atoms with van der Waals surface area (Å²) >= 11 is 0. The molecule has 0 spiro atoms. The molecule has 1 aromatic carbocycles. The van der Waals surface area contributed by atoms with Crippen LogP contribution in [0.2, 0.25) is 0 Å². The lowest BCUT2D eigenvalue weighted by molar-refractivity contribution is -0.140. The minimum atomic E-state index is -3.53. The minimum absolute atomic E-state index is 0.0232. The van der Waals surface area contributed by atoms with Gasteiger partial charge in [0.05, 0.1) is 4.90 Å². The van der Waals surface area contributed by atoms with Gasteiger partial charge in [-0.2, -0.15) is 4.31 Å². The Bertz CT molecular complexity index is 994. The number of hydrogen-bond acceptors (Lipinski definition) is 4. The molecule has 1 saturated carbocycles. The SMILES string of the molecule is Cc1ccc(S(=O)(=O)N2CCC(C(=O)N3CCC(C(=O)N[C@@H]4CCC[C@H](C)[C@H]4C)CC3)CC2)cc1. The first kappa shape index (κ1) is 26.1. The Morgan fingerprint density at radius 2 is 1.46 bits per heavy atom. The first-order valence-corrected chi connectivity index (χ1v) is 14.8. The molecule has 1 N–H and O–H groups in total. The van der Waals surface area contributed by atoms with E-state index in [0.29, 0.717) is 68.6 Å². The van der Waals surface area contributed by atoms with Gasteiger partial charge in [-0.25, -0.2) is 8.42 Å². The largest absolute Gasteiger partial charge is 0.353 e. The lowest BCUT2D eigenvalue weighted by atomic mass is 9.78. The molecule has 1 aliphatic carbocycles. The van der Waals surface area contributed by atoms with E-state index in [4.69, 9.17) is 0 Å². The standard InChI is InChI=1S/C27H41N3O4S/c1-19-7-9-24(10-8-19)35(33,34)30-17-13-23(14-18-30)27(32)29-15-11-22(12-16-29)26(31)28-25-6-4-5-20(2)21(25)3/h7-10,20-23,25H,4-6,11-18H2,1-3H3,(H,28,31)/t20-,21+,25+/m0/s1. The summed E-state index contributed by atoms with van der Waals surface area (Å²) in [4.78, 5) is 28.2. The summed E-state index contributed by atoms with van der Waals surface area (Å²) in [6.45, 7) is 8.39. The number of carbonyl (C=O) groups is 2. The molecular weight excluding hydrogens is 462 g/mol. The quantitative estimate of drug-likeness (QED) is 0.666. The highest BCUT2D eigenvalue weighted by molar-refractivity contribution is 7.89. The second kappa shape index (κ2) is 11.0. The topological polar surface area (TPSA) is 86.8 Å². The van der Waals surface area contributed by atoms with Crippen LogP contribution in [0.15, 0.2) is 29.2 Å². The van der Waals surface area contributed by atoms with Crippen LogP contribution in [0.5, 0.6) is 0 Å². The molecule has 8 heteroatoms. The number of sulfonamides is 1. The van der Waals surface area contributed by atoms with Gasteiger partial charge in [-0.15, -0.1) is 0 Å². The van der Waals surface area contributed by atoms with Crippen LogP contribution in [0, 0.1) is 30.6 Å². The van der Waals surface area contributed by atoms with Crippen molar-refractivity contribution in [2.45, 2.75) is 76.7 Å². The molecule has 7 nitrogen and oxygen atoms in total. The Morgan fingerprint density at radius 3 is 2.09 bits per heavy atom. The molecule has 3 fully saturated rings. The van der Waals surface area contributed by atoms with Gasteiger partial charge in [0, 0.05) is 44.1 Å². The van der Waals surface area contributed by atoms with E-state index in [-0.39, 0.29) is 29.7 Å². The fourth-order valence-corrected chi connectivity index (χ4v) is 7.38. The number of aryl methyl sites for hydroxylation is 1. The molecule has 3 atom stereocenters. The van der Waals surface area contributed by atoms with Gasteiger partial charge in [-0.1, -0.05) is 44.4 Å². The van der Waals surface area contributed by atoms with Crippen LogP contribution in [0.3, 0.4) is 0 Å². The van der Waals surface area contributed by atoms with E-state index < -0.39 is 10.0 Å². The summed E-state index contributed by atoms with van der Waals surface area (Å²) in [5.74, 6) is 1.25. The predicted molar refractivity (Wildman–Crippen MR) is 136 cm³/mol. The van der Waals surface area contributed by atoms with Crippen LogP contribution >= 0.6 is 0 Å². The zero-order chi connectivity index (χ0) is 25.2. The highest BCUT2D eigenvalue weighted by Gasteiger charge is 2.36. The number of amides is 2. The maximum Gasteiger partial charge on any atom is 0.243 e. The van der Waals surface area contributed by atoms with E-state index in [1.54, 1.807) is 12.1 Å². The Balaban J connectivity index is 1.24. The van der Waals surface area contributed by atoms with Crippen LogP contribution in [0.25, 0.3) is 0 Å². The fraction of sp³-hybridized carbons (Fsp3) is 0.704. The highest BCUT2D eigenvalue weighted by Crippen LogP contribution is 2.31. The van der Waals surface area contributed by atoms with Gasteiger partial charge in [0.1, 0.15) is 0 Å². The van der Waals surface area contributed by atoms with Gasteiger partial charge in [-0.3, -0.25) is 9.59 Å². The monoisotopic (exact) mass is 503 g/mol. The average Bonchev–Trinajstić information content (AvgIpc) is 2.87. The first-order chi connectivity index (χ1) is 16.7. The van der Waals surface area contributed by atoms with Crippen LogP contribution in [-0.2, 0) is 19.6 Å². The van der Waals surface area contributed by atoms with Crippen molar-refractivity contribution in [1.82, 2.24) is 14.5 Å². The average molecular weight is 504 g/mol. The number of hydrogen-bond donors (Lipinski definition) is 1. The van der Waals surface area contributed by atoms with Crippen molar-refractivity contribution in [1.29, 1.82) is 0 Å². The zero-order valence-corrected chi connectivity index (χ0v) is 22.2. The lowest BCUT2D eigenvalue weighted by Crippen LogP contribution is -2.50. The summed E-state index contributed by atoms with van der Waals surface area (Å²) in [5, 5.41) is 3.31. The van der Waals surface area contributed by atoms with Crippen molar-refractivity contribution in [2.75, 3.05) is 26.2 Å². The van der Waals surface area contributed by atoms with Crippen molar-refractivity contribution >= 4 is 21.8 Å². The van der Waals surface area contributed by atoms with Gasteiger partial charge in [0.25, 0.3) is 0 Å². The van der Waals surface area contributed by atoms with Crippen LogP contribution in [0.1, 0.15) is 64.4 Å². The molecule has 0 aromatic heterocycles. The summed E-state index contributed by atoms with van der Waals surface area (Å²) < 4.78 is 27.4. The van der Waals surface area contributed by atoms with E-state index >= 15 is 0 Å². The smallest absolute Gasteiger partial charge is 0.243 e. The predicted octanol–water partition coefficient (Wildman–Crippen LogP) is 3.58. The second-order valence-corrected chi connectivity index (χ2v) is 12.9. The molecule has 4 rings (SSSR count). The Kier molecular flexibility index (Phi) is 8.21. The van der Waals surface area contributed by atoms with Crippen LogP contribution in [-0.4, -0.2) is 61.7 Å². The lowest BCUT2D eigenvalue weighted by Gasteiger charge is -2.38. The van der Waals surface area contributed by atoms with Gasteiger partial charge in [0.2, 0.25) is 21.8 Å². The first-order valence-electron chi connectivity index (χ1n) is 13.3. The third-order valence-corrected chi connectivity index (χ3v) is 10.6. The van der Waals surface area contributed by atoms with Crippen molar-refractivity contribution in [3.8, 4) is 0 Å². The summed E-state index contributed by atoms with van der Waals surface area (Å²) in [6, 6.07) is 7.19. The van der Waals surface area contributed by atoms with E-state index in [2.05, 4.69) is 19.2 Å². The number of benzene rings is 1. The number of carbonyl (C=O) groups excluding carboxylic acids is 2. The van der Waals surface area contributed by atoms with E-state index in [1.807, 2.05) is 24.0 Å². The van der Waals surface area contributed by atoms with Gasteiger partial charge in [-0.05, 0) is 63.0 Å². The molecule has 0 unspecified atom stereocenters. The van der Waals surface area contributed by atoms with Crippen molar-refractivity contribution in [3.05, 3.63) is 29.8 Å². The molecule has 3 aliphatic rings. The third kappa shape index (κ3) is 5.91.